The zero-order chi connectivity index (χ0) is 26.0. The Hall–Kier alpha value is -3.13. The van der Waals surface area contributed by atoms with Gasteiger partial charge in [0.15, 0.2) is 0 Å². The number of amides is 1. The first-order valence-electron chi connectivity index (χ1n) is 12.1. The molecule has 1 unspecified atom stereocenters. The standard InChI is InChI=1S/C29H26ClNO4S2/c1-3-34-27(32)29(13-14-29)21-10-8-19(9-11-21)22-6-4-5-7-23(22)26-24(16-25(30)37-26)31-28(33)35-18(2)20-12-15-36-17-20/h4-12,15-18H,3,13-14H2,1-2H3,(H,31,33). The molecule has 1 aliphatic rings. The lowest BCUT2D eigenvalue weighted by molar-refractivity contribution is -0.146. The van der Waals surface area contributed by atoms with Crippen LogP contribution >= 0.6 is 34.3 Å². The van der Waals surface area contributed by atoms with E-state index in [4.69, 9.17) is 21.1 Å². The lowest BCUT2D eigenvalue weighted by Crippen LogP contribution is -2.23. The van der Waals surface area contributed by atoms with Gasteiger partial charge in [-0.3, -0.25) is 10.1 Å². The van der Waals surface area contributed by atoms with Crippen LogP contribution in [0.2, 0.25) is 4.34 Å². The van der Waals surface area contributed by atoms with Crippen LogP contribution in [0.5, 0.6) is 0 Å². The van der Waals surface area contributed by atoms with E-state index in [1.165, 1.54) is 11.3 Å². The summed E-state index contributed by atoms with van der Waals surface area (Å²) in [4.78, 5) is 26.0. The van der Waals surface area contributed by atoms with Crippen LogP contribution in [0.15, 0.2) is 71.4 Å². The number of carbonyl (C=O) groups is 2. The van der Waals surface area contributed by atoms with Crippen LogP contribution in [0.3, 0.4) is 0 Å². The molecule has 1 atom stereocenters. The third kappa shape index (κ3) is 5.30. The minimum Gasteiger partial charge on any atom is -0.465 e. The molecular formula is C29H26ClNO4S2. The molecule has 1 saturated carbocycles. The quantitative estimate of drug-likeness (QED) is 0.222. The lowest BCUT2D eigenvalue weighted by Gasteiger charge is -2.16. The van der Waals surface area contributed by atoms with E-state index < -0.39 is 11.5 Å². The zero-order valence-corrected chi connectivity index (χ0v) is 22.8. The van der Waals surface area contributed by atoms with Crippen molar-refractivity contribution >= 4 is 52.0 Å². The Kier molecular flexibility index (Phi) is 7.38. The summed E-state index contributed by atoms with van der Waals surface area (Å²) in [6.07, 6.45) is 0.723. The predicted molar refractivity (Wildman–Crippen MR) is 151 cm³/mol. The molecule has 2 aromatic heterocycles. The summed E-state index contributed by atoms with van der Waals surface area (Å²) in [5.41, 5.74) is 4.97. The highest BCUT2D eigenvalue weighted by Gasteiger charge is 2.52. The maximum Gasteiger partial charge on any atom is 0.412 e. The second-order valence-corrected chi connectivity index (χ2v) is 11.4. The summed E-state index contributed by atoms with van der Waals surface area (Å²) in [5, 5.41) is 6.80. The summed E-state index contributed by atoms with van der Waals surface area (Å²) in [5.74, 6) is -0.146. The number of carbonyl (C=O) groups excluding carboxylic acids is 2. The van der Waals surface area contributed by atoms with Crippen molar-refractivity contribution < 1.29 is 19.1 Å². The second-order valence-electron chi connectivity index (χ2n) is 8.95. The molecule has 1 fully saturated rings. The van der Waals surface area contributed by atoms with Crippen molar-refractivity contribution in [1.82, 2.24) is 0 Å². The number of halogens is 1. The van der Waals surface area contributed by atoms with Crippen molar-refractivity contribution in [2.75, 3.05) is 11.9 Å². The van der Waals surface area contributed by atoms with Gasteiger partial charge in [-0.15, -0.1) is 11.3 Å². The molecule has 0 aliphatic heterocycles. The predicted octanol–water partition coefficient (Wildman–Crippen LogP) is 8.70. The van der Waals surface area contributed by atoms with E-state index >= 15 is 0 Å². The van der Waals surface area contributed by atoms with Crippen molar-refractivity contribution in [3.8, 4) is 21.6 Å². The fourth-order valence-corrected chi connectivity index (χ4v) is 6.40. The highest BCUT2D eigenvalue weighted by atomic mass is 35.5. The largest absolute Gasteiger partial charge is 0.465 e. The molecule has 4 aromatic rings. The van der Waals surface area contributed by atoms with Crippen molar-refractivity contribution in [3.63, 3.8) is 0 Å². The molecule has 37 heavy (non-hydrogen) atoms. The summed E-state index contributed by atoms with van der Waals surface area (Å²) in [7, 11) is 0. The Labute approximate surface area is 229 Å². The summed E-state index contributed by atoms with van der Waals surface area (Å²) < 4.78 is 11.5. The zero-order valence-electron chi connectivity index (χ0n) is 20.5. The number of hydrogen-bond acceptors (Lipinski definition) is 6. The summed E-state index contributed by atoms with van der Waals surface area (Å²) in [6.45, 7) is 4.06. The van der Waals surface area contributed by atoms with E-state index in [0.29, 0.717) is 16.6 Å². The lowest BCUT2D eigenvalue weighted by atomic mass is 9.92. The van der Waals surface area contributed by atoms with Crippen LogP contribution in [-0.2, 0) is 19.7 Å². The third-order valence-electron chi connectivity index (χ3n) is 6.57. The molecule has 1 aliphatic carbocycles. The number of rotatable bonds is 8. The average Bonchev–Trinajstić information content (AvgIpc) is 3.35. The highest BCUT2D eigenvalue weighted by Crippen LogP contribution is 2.50. The SMILES string of the molecule is CCOC(=O)C1(c2ccc(-c3ccccc3-c3sc(Cl)cc3NC(=O)OC(C)c3ccsc3)cc2)CC1. The van der Waals surface area contributed by atoms with E-state index in [-0.39, 0.29) is 12.1 Å². The first-order valence-corrected chi connectivity index (χ1v) is 14.2. The highest BCUT2D eigenvalue weighted by molar-refractivity contribution is 7.20. The molecule has 0 bridgehead atoms. The summed E-state index contributed by atoms with van der Waals surface area (Å²) >= 11 is 9.36. The maximum absolute atomic E-state index is 12.7. The van der Waals surface area contributed by atoms with Gasteiger partial charge in [0.1, 0.15) is 6.10 Å². The van der Waals surface area contributed by atoms with E-state index in [2.05, 4.69) is 5.32 Å². The van der Waals surface area contributed by atoms with Gasteiger partial charge < -0.3 is 9.47 Å². The van der Waals surface area contributed by atoms with Gasteiger partial charge in [0.25, 0.3) is 0 Å². The van der Waals surface area contributed by atoms with Gasteiger partial charge in [-0.05, 0) is 66.3 Å². The fourth-order valence-electron chi connectivity index (χ4n) is 4.43. The number of hydrogen-bond donors (Lipinski definition) is 1. The van der Waals surface area contributed by atoms with Crippen LogP contribution in [0, 0.1) is 0 Å². The Bertz CT molecular complexity index is 1410. The Morgan fingerprint density at radius 2 is 1.81 bits per heavy atom. The van der Waals surface area contributed by atoms with Gasteiger partial charge in [-0.1, -0.05) is 60.1 Å². The van der Waals surface area contributed by atoms with Crippen molar-refractivity contribution in [2.45, 2.75) is 38.2 Å². The molecule has 5 nitrogen and oxygen atoms in total. The van der Waals surface area contributed by atoms with Gasteiger partial charge in [0.05, 0.1) is 26.9 Å². The number of anilines is 1. The van der Waals surface area contributed by atoms with E-state index in [1.807, 2.05) is 79.2 Å². The van der Waals surface area contributed by atoms with Gasteiger partial charge in [-0.2, -0.15) is 11.3 Å². The molecule has 2 heterocycles. The van der Waals surface area contributed by atoms with Gasteiger partial charge in [0.2, 0.25) is 0 Å². The van der Waals surface area contributed by atoms with Gasteiger partial charge in [0, 0.05) is 11.1 Å². The molecule has 5 rings (SSSR count). The van der Waals surface area contributed by atoms with Crippen LogP contribution < -0.4 is 5.32 Å². The third-order valence-corrected chi connectivity index (χ3v) is 8.57. The second kappa shape index (κ2) is 10.7. The number of thiophene rings is 2. The maximum atomic E-state index is 12.7. The van der Waals surface area contributed by atoms with E-state index in [1.54, 1.807) is 17.4 Å². The molecular weight excluding hydrogens is 526 g/mol. The molecule has 1 N–H and O–H groups in total. The van der Waals surface area contributed by atoms with Crippen molar-refractivity contribution in [2.24, 2.45) is 0 Å². The monoisotopic (exact) mass is 551 g/mol. The molecule has 2 aromatic carbocycles. The Morgan fingerprint density at radius 3 is 2.46 bits per heavy atom. The molecule has 1 amide bonds. The Balaban J connectivity index is 1.40. The van der Waals surface area contributed by atoms with E-state index in [0.717, 1.165) is 45.5 Å². The number of benzene rings is 2. The fraction of sp³-hybridized carbons (Fsp3) is 0.241. The Morgan fingerprint density at radius 1 is 1.08 bits per heavy atom. The van der Waals surface area contributed by atoms with Crippen molar-refractivity contribution in [1.29, 1.82) is 0 Å². The average molecular weight is 552 g/mol. The summed E-state index contributed by atoms with van der Waals surface area (Å²) in [6, 6.07) is 19.8. The molecule has 190 valence electrons. The van der Waals surface area contributed by atoms with Gasteiger partial charge >= 0.3 is 12.1 Å². The van der Waals surface area contributed by atoms with Crippen LogP contribution in [0.25, 0.3) is 21.6 Å². The first-order chi connectivity index (χ1) is 17.9. The van der Waals surface area contributed by atoms with Crippen LogP contribution in [0.4, 0.5) is 10.5 Å². The van der Waals surface area contributed by atoms with Crippen molar-refractivity contribution in [3.05, 3.63) is 86.9 Å². The number of esters is 1. The molecule has 0 spiro atoms. The minimum atomic E-state index is -0.537. The first kappa shape index (κ1) is 25.5. The minimum absolute atomic E-state index is 0.146. The van der Waals surface area contributed by atoms with E-state index in [9.17, 15) is 9.59 Å². The molecule has 0 radical (unpaired) electrons. The molecule has 0 saturated heterocycles. The normalized spacial score (nSPS) is 14.6. The van der Waals surface area contributed by atoms with Crippen LogP contribution in [0.1, 0.15) is 43.9 Å². The number of ether oxygens (including phenoxy) is 2. The van der Waals surface area contributed by atoms with Gasteiger partial charge in [-0.25, -0.2) is 4.79 Å². The molecule has 8 heteroatoms. The topological polar surface area (TPSA) is 64.6 Å². The van der Waals surface area contributed by atoms with Crippen LogP contribution in [-0.4, -0.2) is 18.7 Å². The smallest absolute Gasteiger partial charge is 0.412 e. The number of nitrogens with one attached hydrogen (secondary N) is 1.